The second-order valence-electron chi connectivity index (χ2n) is 8.90. The molecule has 2 aliphatic heterocycles. The molecule has 0 spiro atoms. The van der Waals surface area contributed by atoms with E-state index in [4.69, 9.17) is 9.47 Å². The lowest BCUT2D eigenvalue weighted by molar-refractivity contribution is 0.122. The van der Waals surface area contributed by atoms with Crippen molar-refractivity contribution >= 4 is 33.0 Å². The van der Waals surface area contributed by atoms with Gasteiger partial charge in [-0.15, -0.1) is 0 Å². The maximum Gasteiger partial charge on any atom is 0.296 e. The van der Waals surface area contributed by atoms with Gasteiger partial charge in [0.1, 0.15) is 11.3 Å². The van der Waals surface area contributed by atoms with Gasteiger partial charge in [0, 0.05) is 32.2 Å². The van der Waals surface area contributed by atoms with Crippen LogP contribution < -0.4 is 15.0 Å². The third kappa shape index (κ3) is 5.29. The van der Waals surface area contributed by atoms with Gasteiger partial charge in [0.25, 0.3) is 6.43 Å². The predicted octanol–water partition coefficient (Wildman–Crippen LogP) is 1.83. The monoisotopic (exact) mass is 538 g/mol. The number of imidazole rings is 1. The SMILES string of the molecule is COc1cccc2c1nc(C(F)F)n2-c1nc(NC2CCCN(S(C)(=O)=O)C2)nc(N2CCOCC2)n1. The Hall–Kier alpha value is -3.17. The summed E-state index contributed by atoms with van der Waals surface area (Å²) in [5.74, 6) is 0.265. The number of fused-ring (bicyclic) bond motifs is 1. The first-order valence-electron chi connectivity index (χ1n) is 11.9. The largest absolute Gasteiger partial charge is 0.494 e. The number of methoxy groups -OCH3 is 1. The highest BCUT2D eigenvalue weighted by Gasteiger charge is 2.29. The van der Waals surface area contributed by atoms with Gasteiger partial charge in [-0.05, 0) is 25.0 Å². The van der Waals surface area contributed by atoms with Crippen molar-refractivity contribution in [1.29, 1.82) is 0 Å². The number of rotatable bonds is 7. The van der Waals surface area contributed by atoms with E-state index in [0.29, 0.717) is 62.9 Å². The van der Waals surface area contributed by atoms with Crippen LogP contribution >= 0.6 is 0 Å². The average molecular weight is 539 g/mol. The first-order valence-corrected chi connectivity index (χ1v) is 13.7. The van der Waals surface area contributed by atoms with E-state index >= 15 is 0 Å². The van der Waals surface area contributed by atoms with E-state index in [0.717, 1.165) is 0 Å². The van der Waals surface area contributed by atoms with Crippen LogP contribution in [0.25, 0.3) is 17.0 Å². The number of alkyl halides is 2. The molecule has 3 aromatic rings. The van der Waals surface area contributed by atoms with Crippen molar-refractivity contribution in [3.8, 4) is 11.7 Å². The van der Waals surface area contributed by atoms with E-state index in [1.54, 1.807) is 18.2 Å². The van der Waals surface area contributed by atoms with E-state index in [2.05, 4.69) is 25.3 Å². The molecule has 37 heavy (non-hydrogen) atoms. The molecule has 12 nitrogen and oxygen atoms in total. The lowest BCUT2D eigenvalue weighted by atomic mass is 10.1. The number of ether oxygens (including phenoxy) is 2. The van der Waals surface area contributed by atoms with Gasteiger partial charge in [-0.1, -0.05) is 6.07 Å². The Bertz CT molecular complexity index is 1380. The standard InChI is InChI=1S/C22H28F2N8O4S/c1-35-16-7-3-6-15-17(16)26-19(18(23)24)32(15)22-28-20(27-21(29-22)30-9-11-36-12-10-30)25-14-5-4-8-31(13-14)37(2,33)34/h3,6-7,14,18H,4-5,8-13H2,1-2H3,(H,25,27,28,29). The minimum atomic E-state index is -3.36. The molecule has 0 amide bonds. The summed E-state index contributed by atoms with van der Waals surface area (Å²) in [6, 6.07) is 4.71. The average Bonchev–Trinajstić information content (AvgIpc) is 3.29. The molecular formula is C22H28F2N8O4S. The Morgan fingerprint density at radius 3 is 2.57 bits per heavy atom. The first-order chi connectivity index (χ1) is 17.7. The Morgan fingerprint density at radius 2 is 1.86 bits per heavy atom. The summed E-state index contributed by atoms with van der Waals surface area (Å²) in [5, 5.41) is 3.21. The smallest absolute Gasteiger partial charge is 0.296 e. The minimum absolute atomic E-state index is 0.0270. The Balaban J connectivity index is 1.60. The molecule has 0 aliphatic carbocycles. The van der Waals surface area contributed by atoms with E-state index in [1.165, 1.54) is 22.2 Å². The molecule has 4 heterocycles. The molecule has 2 saturated heterocycles. The van der Waals surface area contributed by atoms with Gasteiger partial charge < -0.3 is 19.7 Å². The molecule has 0 saturated carbocycles. The number of benzene rings is 1. The number of hydrogen-bond acceptors (Lipinski definition) is 10. The number of sulfonamides is 1. The van der Waals surface area contributed by atoms with Crippen LogP contribution in [-0.2, 0) is 14.8 Å². The fraction of sp³-hybridized carbons (Fsp3) is 0.545. The highest BCUT2D eigenvalue weighted by Crippen LogP contribution is 2.32. The van der Waals surface area contributed by atoms with Crippen molar-refractivity contribution in [3.63, 3.8) is 0 Å². The lowest BCUT2D eigenvalue weighted by Gasteiger charge is -2.32. The maximum absolute atomic E-state index is 14.2. The molecule has 1 unspecified atom stereocenters. The zero-order chi connectivity index (χ0) is 26.2. The Morgan fingerprint density at radius 1 is 1.11 bits per heavy atom. The van der Waals surface area contributed by atoms with Crippen molar-refractivity contribution in [1.82, 2.24) is 28.8 Å². The second-order valence-corrected chi connectivity index (χ2v) is 10.9. The third-order valence-corrected chi connectivity index (χ3v) is 7.65. The minimum Gasteiger partial charge on any atom is -0.494 e. The molecule has 1 N–H and O–H groups in total. The number of para-hydroxylation sites is 1. The molecule has 15 heteroatoms. The number of piperidine rings is 1. The molecule has 0 radical (unpaired) electrons. The lowest BCUT2D eigenvalue weighted by Crippen LogP contribution is -2.45. The molecule has 1 aromatic carbocycles. The van der Waals surface area contributed by atoms with Gasteiger partial charge in [0.2, 0.25) is 27.9 Å². The van der Waals surface area contributed by atoms with Gasteiger partial charge in [-0.25, -0.2) is 26.5 Å². The van der Waals surface area contributed by atoms with Crippen molar-refractivity contribution in [2.45, 2.75) is 25.3 Å². The molecule has 1 atom stereocenters. The zero-order valence-corrected chi connectivity index (χ0v) is 21.3. The quantitative estimate of drug-likeness (QED) is 0.476. The molecule has 2 aliphatic rings. The number of nitrogens with zero attached hydrogens (tertiary/aromatic N) is 7. The molecule has 2 fully saturated rings. The van der Waals surface area contributed by atoms with Crippen molar-refractivity contribution in [2.24, 2.45) is 0 Å². The summed E-state index contributed by atoms with van der Waals surface area (Å²) in [7, 11) is -1.91. The maximum atomic E-state index is 14.2. The van der Waals surface area contributed by atoms with E-state index < -0.39 is 22.3 Å². The highest BCUT2D eigenvalue weighted by molar-refractivity contribution is 7.88. The first kappa shape index (κ1) is 25.5. The van der Waals surface area contributed by atoms with Gasteiger partial charge in [0.15, 0.2) is 5.82 Å². The summed E-state index contributed by atoms with van der Waals surface area (Å²) in [4.78, 5) is 19.6. The van der Waals surface area contributed by atoms with Crippen LogP contribution in [0.4, 0.5) is 20.7 Å². The molecule has 5 rings (SSSR count). The Kier molecular flexibility index (Phi) is 7.09. The van der Waals surface area contributed by atoms with Crippen LogP contribution in [0.1, 0.15) is 25.1 Å². The number of hydrogen-bond donors (Lipinski definition) is 1. The van der Waals surface area contributed by atoms with Gasteiger partial charge in [-0.3, -0.25) is 4.57 Å². The summed E-state index contributed by atoms with van der Waals surface area (Å²) in [6.07, 6.45) is -0.357. The van der Waals surface area contributed by atoms with Crippen molar-refractivity contribution in [3.05, 3.63) is 24.0 Å². The van der Waals surface area contributed by atoms with E-state index in [-0.39, 0.29) is 30.0 Å². The van der Waals surface area contributed by atoms with E-state index in [9.17, 15) is 17.2 Å². The molecule has 200 valence electrons. The number of morpholine rings is 1. The summed E-state index contributed by atoms with van der Waals surface area (Å²) in [5.41, 5.74) is 0.625. The fourth-order valence-corrected chi connectivity index (χ4v) is 5.49. The Labute approximate surface area is 212 Å². The summed E-state index contributed by atoms with van der Waals surface area (Å²) >= 11 is 0. The molecule has 2 aromatic heterocycles. The van der Waals surface area contributed by atoms with Crippen molar-refractivity contribution < 1.29 is 26.7 Å². The van der Waals surface area contributed by atoms with Gasteiger partial charge in [-0.2, -0.15) is 15.0 Å². The number of nitrogens with one attached hydrogen (secondary N) is 1. The van der Waals surface area contributed by atoms with Gasteiger partial charge in [0.05, 0.1) is 32.1 Å². The second kappa shape index (κ2) is 10.3. The number of anilines is 2. The van der Waals surface area contributed by atoms with Crippen LogP contribution in [0.5, 0.6) is 5.75 Å². The van der Waals surface area contributed by atoms with Gasteiger partial charge >= 0.3 is 0 Å². The van der Waals surface area contributed by atoms with Crippen LogP contribution in [-0.4, -0.2) is 96.0 Å². The van der Waals surface area contributed by atoms with Crippen LogP contribution in [0, 0.1) is 0 Å². The van der Waals surface area contributed by atoms with E-state index in [1.807, 2.05) is 4.90 Å². The van der Waals surface area contributed by atoms with Crippen LogP contribution in [0.3, 0.4) is 0 Å². The predicted molar refractivity (Wildman–Crippen MR) is 132 cm³/mol. The van der Waals surface area contributed by atoms with Crippen molar-refractivity contribution in [2.75, 3.05) is 63.0 Å². The molecular weight excluding hydrogens is 510 g/mol. The van der Waals surface area contributed by atoms with Crippen LogP contribution in [0.15, 0.2) is 18.2 Å². The number of halogens is 2. The summed E-state index contributed by atoms with van der Waals surface area (Å²) < 4.78 is 65.9. The topological polar surface area (TPSA) is 128 Å². The molecule has 0 bridgehead atoms. The highest BCUT2D eigenvalue weighted by atomic mass is 32.2. The van der Waals surface area contributed by atoms with Crippen LogP contribution in [0.2, 0.25) is 0 Å². The zero-order valence-electron chi connectivity index (χ0n) is 20.5. The summed E-state index contributed by atoms with van der Waals surface area (Å²) in [6.45, 7) is 2.69. The fourth-order valence-electron chi connectivity index (χ4n) is 4.58. The third-order valence-electron chi connectivity index (χ3n) is 6.38. The number of aromatic nitrogens is 5. The normalized spacial score (nSPS) is 19.5.